The van der Waals surface area contributed by atoms with Crippen LogP contribution in [0.5, 0.6) is 0 Å². The molecule has 0 saturated carbocycles. The molecular weight excluding hydrogens is 443 g/mol. The lowest BCUT2D eigenvalue weighted by Crippen LogP contribution is -3.00. The Bertz CT molecular complexity index is 842. The first-order chi connectivity index (χ1) is 13.8. The summed E-state index contributed by atoms with van der Waals surface area (Å²) in [6.07, 6.45) is 8.13. The standard InChI is InChI=1S/C25H24O2P.BrH/c1-27-25(26)20-12-5-13-21-28(22-14-6-2-7-15-22,23-16-8-3-9-17-23)24-18-10-4-11-19-24;/h2-20H,21H2,1H3;1H/q+1;/p-1/b13-5+,20-12+;. The van der Waals surface area contributed by atoms with Crippen molar-refractivity contribution in [3.63, 3.8) is 0 Å². The summed E-state index contributed by atoms with van der Waals surface area (Å²) in [7, 11) is -0.479. The first kappa shape index (κ1) is 22.8. The van der Waals surface area contributed by atoms with Crippen molar-refractivity contribution in [2.75, 3.05) is 13.3 Å². The van der Waals surface area contributed by atoms with E-state index in [0.717, 1.165) is 6.16 Å². The van der Waals surface area contributed by atoms with Crippen molar-refractivity contribution in [2.24, 2.45) is 0 Å². The van der Waals surface area contributed by atoms with E-state index < -0.39 is 7.26 Å². The fourth-order valence-electron chi connectivity index (χ4n) is 3.31. The van der Waals surface area contributed by atoms with Gasteiger partial charge in [0.05, 0.1) is 13.3 Å². The quantitative estimate of drug-likeness (QED) is 0.227. The minimum absolute atomic E-state index is 0. The van der Waals surface area contributed by atoms with Crippen molar-refractivity contribution < 1.29 is 26.5 Å². The molecule has 0 radical (unpaired) electrons. The number of rotatable bonds is 7. The molecule has 0 aliphatic carbocycles. The van der Waals surface area contributed by atoms with Gasteiger partial charge in [-0.05, 0) is 42.5 Å². The van der Waals surface area contributed by atoms with E-state index in [1.54, 1.807) is 6.08 Å². The van der Waals surface area contributed by atoms with Gasteiger partial charge in [0.2, 0.25) is 0 Å². The smallest absolute Gasteiger partial charge is 0.330 e. The number of carbonyl (C=O) groups excluding carboxylic acids is 1. The van der Waals surface area contributed by atoms with Gasteiger partial charge in [-0.25, -0.2) is 4.79 Å². The van der Waals surface area contributed by atoms with Crippen LogP contribution in [-0.4, -0.2) is 19.2 Å². The number of allylic oxidation sites excluding steroid dienone is 3. The maximum absolute atomic E-state index is 11.3. The molecule has 0 aliphatic rings. The Labute approximate surface area is 184 Å². The van der Waals surface area contributed by atoms with E-state index in [0.29, 0.717) is 0 Å². The number of halogens is 1. The number of esters is 1. The van der Waals surface area contributed by atoms with Gasteiger partial charge in [-0.2, -0.15) is 0 Å². The molecule has 2 nitrogen and oxygen atoms in total. The largest absolute Gasteiger partial charge is 1.00 e. The molecule has 3 aromatic carbocycles. The molecule has 3 rings (SSSR count). The molecule has 148 valence electrons. The molecule has 0 bridgehead atoms. The summed E-state index contributed by atoms with van der Waals surface area (Å²) in [5.41, 5.74) is 0. The van der Waals surface area contributed by atoms with E-state index in [1.165, 1.54) is 29.1 Å². The predicted molar refractivity (Wildman–Crippen MR) is 120 cm³/mol. The first-order valence-electron chi connectivity index (χ1n) is 9.23. The molecule has 0 N–H and O–H groups in total. The Morgan fingerprint density at radius 2 is 1.17 bits per heavy atom. The Morgan fingerprint density at radius 3 is 1.55 bits per heavy atom. The summed E-state index contributed by atoms with van der Waals surface area (Å²) in [6.45, 7) is 0. The second kappa shape index (κ2) is 11.5. The summed E-state index contributed by atoms with van der Waals surface area (Å²) in [5.74, 6) is -0.347. The lowest BCUT2D eigenvalue weighted by Gasteiger charge is -2.26. The van der Waals surface area contributed by atoms with Crippen molar-refractivity contribution in [3.05, 3.63) is 115 Å². The van der Waals surface area contributed by atoms with Crippen LogP contribution in [0.1, 0.15) is 0 Å². The monoisotopic (exact) mass is 466 g/mol. The third kappa shape index (κ3) is 5.53. The zero-order chi connectivity index (χ0) is 19.7. The number of hydrogen-bond donors (Lipinski definition) is 0. The average molecular weight is 467 g/mol. The summed E-state index contributed by atoms with van der Waals surface area (Å²) in [4.78, 5) is 11.3. The molecule has 0 amide bonds. The summed E-state index contributed by atoms with van der Waals surface area (Å²) in [5, 5.41) is 4.02. The van der Waals surface area contributed by atoms with E-state index in [4.69, 9.17) is 0 Å². The van der Waals surface area contributed by atoms with Gasteiger partial charge in [-0.3, -0.25) is 0 Å². The molecule has 0 atom stereocenters. The summed E-state index contributed by atoms with van der Waals surface area (Å²) >= 11 is 0. The van der Waals surface area contributed by atoms with Crippen LogP contribution >= 0.6 is 7.26 Å². The number of methoxy groups -OCH3 is 1. The fourth-order valence-corrected chi connectivity index (χ4v) is 7.32. The fraction of sp³-hybridized carbons (Fsp3) is 0.0800. The highest BCUT2D eigenvalue weighted by molar-refractivity contribution is 7.95. The molecule has 0 spiro atoms. The highest BCUT2D eigenvalue weighted by atomic mass is 79.9. The van der Waals surface area contributed by atoms with Gasteiger partial charge in [-0.15, -0.1) is 0 Å². The Balaban J connectivity index is 0.00000300. The van der Waals surface area contributed by atoms with Crippen LogP contribution in [0.15, 0.2) is 115 Å². The van der Waals surface area contributed by atoms with Gasteiger partial charge < -0.3 is 21.7 Å². The van der Waals surface area contributed by atoms with Crippen LogP contribution in [0.4, 0.5) is 0 Å². The second-order valence-electron chi connectivity index (χ2n) is 6.31. The molecule has 3 aromatic rings. The van der Waals surface area contributed by atoms with Crippen molar-refractivity contribution >= 4 is 29.1 Å². The van der Waals surface area contributed by atoms with E-state index in [9.17, 15) is 4.79 Å². The number of ether oxygens (including phenoxy) is 1. The van der Waals surface area contributed by atoms with Crippen LogP contribution in [0.25, 0.3) is 0 Å². The van der Waals surface area contributed by atoms with Crippen molar-refractivity contribution in [1.29, 1.82) is 0 Å². The first-order valence-corrected chi connectivity index (χ1v) is 11.2. The molecule has 0 aliphatic heterocycles. The van der Waals surface area contributed by atoms with Gasteiger partial charge in [-0.1, -0.05) is 66.7 Å². The predicted octanol–water partition coefficient (Wildman–Crippen LogP) is 1.27. The summed E-state index contributed by atoms with van der Waals surface area (Å²) in [6, 6.07) is 32.2. The van der Waals surface area contributed by atoms with E-state index in [2.05, 4.69) is 102 Å². The van der Waals surface area contributed by atoms with Gasteiger partial charge in [0.15, 0.2) is 0 Å². The lowest BCUT2D eigenvalue weighted by molar-refractivity contribution is -0.134. The number of carbonyl (C=O) groups is 1. The molecule has 0 saturated heterocycles. The van der Waals surface area contributed by atoms with Crippen molar-refractivity contribution in [3.8, 4) is 0 Å². The second-order valence-corrected chi connectivity index (χ2v) is 9.84. The SMILES string of the molecule is COC(=O)/C=C/C=C/C[P+](c1ccccc1)(c1ccccc1)c1ccccc1.[Br-]. The van der Waals surface area contributed by atoms with E-state index in [1.807, 2.05) is 6.08 Å². The lowest BCUT2D eigenvalue weighted by atomic mass is 10.4. The maximum Gasteiger partial charge on any atom is 0.330 e. The van der Waals surface area contributed by atoms with Crippen molar-refractivity contribution in [1.82, 2.24) is 0 Å². The number of hydrogen-bond acceptors (Lipinski definition) is 2. The topological polar surface area (TPSA) is 26.3 Å². The normalized spacial score (nSPS) is 11.3. The van der Waals surface area contributed by atoms with Gasteiger partial charge in [0.25, 0.3) is 0 Å². The van der Waals surface area contributed by atoms with Crippen LogP contribution in [-0.2, 0) is 9.53 Å². The highest BCUT2D eigenvalue weighted by Crippen LogP contribution is 2.55. The van der Waals surface area contributed by atoms with Crippen molar-refractivity contribution in [2.45, 2.75) is 0 Å². The Hall–Kier alpha value is -2.48. The van der Waals surface area contributed by atoms with Crippen LogP contribution in [0.3, 0.4) is 0 Å². The zero-order valence-electron chi connectivity index (χ0n) is 16.3. The molecular formula is C25H24BrO2P. The Kier molecular flexibility index (Phi) is 9.05. The highest BCUT2D eigenvalue weighted by Gasteiger charge is 2.43. The summed E-state index contributed by atoms with van der Waals surface area (Å²) < 4.78 is 4.65. The van der Waals surface area contributed by atoms with E-state index in [-0.39, 0.29) is 23.0 Å². The van der Waals surface area contributed by atoms with Crippen LogP contribution < -0.4 is 32.9 Å². The Morgan fingerprint density at radius 1 is 0.759 bits per heavy atom. The van der Waals surface area contributed by atoms with Gasteiger partial charge in [0, 0.05) is 6.08 Å². The van der Waals surface area contributed by atoms with Crippen LogP contribution in [0, 0.1) is 0 Å². The molecule has 29 heavy (non-hydrogen) atoms. The maximum atomic E-state index is 11.3. The molecule has 0 heterocycles. The van der Waals surface area contributed by atoms with Crippen LogP contribution in [0.2, 0.25) is 0 Å². The van der Waals surface area contributed by atoms with E-state index >= 15 is 0 Å². The number of benzene rings is 3. The van der Waals surface area contributed by atoms with Gasteiger partial charge in [0.1, 0.15) is 23.2 Å². The zero-order valence-corrected chi connectivity index (χ0v) is 18.8. The average Bonchev–Trinajstić information content (AvgIpc) is 2.78. The van der Waals surface area contributed by atoms with Gasteiger partial charge >= 0.3 is 5.97 Å². The minimum atomic E-state index is -1.86. The molecule has 0 aromatic heterocycles. The molecule has 4 heteroatoms. The minimum Gasteiger partial charge on any atom is -1.00 e. The third-order valence-corrected chi connectivity index (χ3v) is 8.95. The third-order valence-electron chi connectivity index (χ3n) is 4.65. The molecule has 0 unspecified atom stereocenters. The molecule has 0 fully saturated rings.